The van der Waals surface area contributed by atoms with Gasteiger partial charge in [-0.25, -0.2) is 0 Å². The van der Waals surface area contributed by atoms with Crippen LogP contribution in [-0.4, -0.2) is 17.7 Å². The predicted octanol–water partition coefficient (Wildman–Crippen LogP) is 2.93. The Bertz CT molecular complexity index is 301. The molecule has 4 unspecified atom stereocenters. The largest absolute Gasteiger partial charge is 0.352 e. The van der Waals surface area contributed by atoms with Crippen molar-refractivity contribution >= 4 is 11.7 Å². The highest BCUT2D eigenvalue weighted by Gasteiger charge is 2.45. The molecule has 0 aromatic rings. The normalized spacial score (nSPS) is 29.1. The topological polar surface area (TPSA) is 46.2 Å². The number of carbonyl (C=O) groups excluding carboxylic acids is 2. The van der Waals surface area contributed by atoms with Crippen LogP contribution < -0.4 is 5.32 Å². The van der Waals surface area contributed by atoms with Gasteiger partial charge in [0.1, 0.15) is 11.7 Å². The second kappa shape index (κ2) is 6.91. The van der Waals surface area contributed by atoms with Crippen molar-refractivity contribution in [3.63, 3.8) is 0 Å². The molecule has 0 aliphatic carbocycles. The minimum atomic E-state index is -0.402. The van der Waals surface area contributed by atoms with E-state index in [1.807, 2.05) is 0 Å². The molecule has 1 saturated heterocycles. The molecule has 0 aromatic carbocycles. The highest BCUT2D eigenvalue weighted by atomic mass is 16.2. The summed E-state index contributed by atoms with van der Waals surface area (Å²) in [6.45, 7) is 8.03. The van der Waals surface area contributed by atoms with Gasteiger partial charge in [0.25, 0.3) is 0 Å². The SMILES string of the molecule is CCCCCC1C(C(C)=O)C(=O)NC1C(C)CC. The number of hydrogen-bond acceptors (Lipinski definition) is 2. The molecule has 1 aliphatic heterocycles. The van der Waals surface area contributed by atoms with Crippen LogP contribution in [0.2, 0.25) is 0 Å². The lowest BCUT2D eigenvalue weighted by Gasteiger charge is -2.26. The van der Waals surface area contributed by atoms with Crippen molar-refractivity contribution in [2.24, 2.45) is 17.8 Å². The van der Waals surface area contributed by atoms with Crippen molar-refractivity contribution in [1.82, 2.24) is 5.32 Å². The zero-order valence-electron chi connectivity index (χ0n) is 12.2. The molecule has 0 saturated carbocycles. The molecular formula is C15H27NO2. The summed E-state index contributed by atoms with van der Waals surface area (Å²) in [4.78, 5) is 23.7. The van der Waals surface area contributed by atoms with Crippen molar-refractivity contribution in [3.05, 3.63) is 0 Å². The van der Waals surface area contributed by atoms with Crippen molar-refractivity contribution in [2.75, 3.05) is 0 Å². The molecule has 1 heterocycles. The van der Waals surface area contributed by atoms with E-state index >= 15 is 0 Å². The minimum Gasteiger partial charge on any atom is -0.352 e. The Kier molecular flexibility index (Phi) is 5.83. The quantitative estimate of drug-likeness (QED) is 0.560. The van der Waals surface area contributed by atoms with Gasteiger partial charge in [-0.05, 0) is 25.2 Å². The monoisotopic (exact) mass is 253 g/mol. The zero-order chi connectivity index (χ0) is 13.7. The Morgan fingerprint density at radius 2 is 2.00 bits per heavy atom. The summed E-state index contributed by atoms with van der Waals surface area (Å²) in [7, 11) is 0. The summed E-state index contributed by atoms with van der Waals surface area (Å²) >= 11 is 0. The third kappa shape index (κ3) is 3.33. The van der Waals surface area contributed by atoms with Gasteiger partial charge >= 0.3 is 0 Å². The second-order valence-electron chi connectivity index (χ2n) is 5.67. The van der Waals surface area contributed by atoms with E-state index in [1.165, 1.54) is 12.8 Å². The van der Waals surface area contributed by atoms with E-state index in [0.717, 1.165) is 19.3 Å². The smallest absolute Gasteiger partial charge is 0.231 e. The van der Waals surface area contributed by atoms with E-state index < -0.39 is 5.92 Å². The lowest BCUT2D eigenvalue weighted by atomic mass is 9.79. The summed E-state index contributed by atoms with van der Waals surface area (Å²) in [5.74, 6) is 0.233. The van der Waals surface area contributed by atoms with E-state index in [0.29, 0.717) is 5.92 Å². The average molecular weight is 253 g/mol. The lowest BCUT2D eigenvalue weighted by Crippen LogP contribution is -2.35. The number of hydrogen-bond donors (Lipinski definition) is 1. The third-order valence-electron chi connectivity index (χ3n) is 4.32. The van der Waals surface area contributed by atoms with Gasteiger partial charge in [-0.3, -0.25) is 9.59 Å². The minimum absolute atomic E-state index is 0.0276. The molecule has 3 heteroatoms. The predicted molar refractivity (Wildman–Crippen MR) is 73.2 cm³/mol. The molecule has 1 rings (SSSR count). The summed E-state index contributed by atoms with van der Waals surface area (Å²) in [5.41, 5.74) is 0. The molecule has 1 aliphatic rings. The van der Waals surface area contributed by atoms with Gasteiger partial charge in [-0.15, -0.1) is 0 Å². The molecule has 18 heavy (non-hydrogen) atoms. The second-order valence-corrected chi connectivity index (χ2v) is 5.67. The van der Waals surface area contributed by atoms with E-state index in [4.69, 9.17) is 0 Å². The Labute approximate surface area is 111 Å². The molecule has 1 fully saturated rings. The van der Waals surface area contributed by atoms with Crippen molar-refractivity contribution < 1.29 is 9.59 Å². The number of unbranched alkanes of at least 4 members (excludes halogenated alkanes) is 2. The van der Waals surface area contributed by atoms with Crippen LogP contribution >= 0.6 is 0 Å². The maximum Gasteiger partial charge on any atom is 0.231 e. The summed E-state index contributed by atoms with van der Waals surface area (Å²) < 4.78 is 0. The highest BCUT2D eigenvalue weighted by molar-refractivity contribution is 6.02. The number of carbonyl (C=O) groups is 2. The van der Waals surface area contributed by atoms with Gasteiger partial charge in [0, 0.05) is 6.04 Å². The molecule has 0 spiro atoms. The number of ketones is 1. The van der Waals surface area contributed by atoms with Crippen LogP contribution in [0.1, 0.15) is 59.8 Å². The Hall–Kier alpha value is -0.860. The maximum atomic E-state index is 12.0. The van der Waals surface area contributed by atoms with Gasteiger partial charge in [0.05, 0.1) is 0 Å². The third-order valence-corrected chi connectivity index (χ3v) is 4.32. The fourth-order valence-corrected chi connectivity index (χ4v) is 3.04. The summed E-state index contributed by atoms with van der Waals surface area (Å²) in [6, 6.07) is 0.188. The maximum absolute atomic E-state index is 12.0. The van der Waals surface area contributed by atoms with E-state index in [2.05, 4.69) is 26.1 Å². The van der Waals surface area contributed by atoms with Gasteiger partial charge in [0.2, 0.25) is 5.91 Å². The molecule has 1 N–H and O–H groups in total. The molecule has 104 valence electrons. The summed E-state index contributed by atoms with van der Waals surface area (Å²) in [5, 5.41) is 3.05. The first-order valence-electron chi connectivity index (χ1n) is 7.33. The molecule has 1 amide bonds. The van der Waals surface area contributed by atoms with Gasteiger partial charge in [-0.1, -0.05) is 46.5 Å². The molecule has 3 nitrogen and oxygen atoms in total. The number of nitrogens with one attached hydrogen (secondary N) is 1. The fraction of sp³-hybridized carbons (Fsp3) is 0.867. The van der Waals surface area contributed by atoms with E-state index in [1.54, 1.807) is 6.92 Å². The fourth-order valence-electron chi connectivity index (χ4n) is 3.04. The van der Waals surface area contributed by atoms with Gasteiger partial charge in [-0.2, -0.15) is 0 Å². The molecule has 0 radical (unpaired) electrons. The van der Waals surface area contributed by atoms with Gasteiger partial charge in [0.15, 0.2) is 0 Å². The first kappa shape index (κ1) is 15.2. The van der Waals surface area contributed by atoms with Crippen LogP contribution in [0.4, 0.5) is 0 Å². The van der Waals surface area contributed by atoms with Crippen LogP contribution in [0.3, 0.4) is 0 Å². The number of rotatable bonds is 7. The van der Waals surface area contributed by atoms with Crippen LogP contribution in [0.15, 0.2) is 0 Å². The van der Waals surface area contributed by atoms with Crippen molar-refractivity contribution in [2.45, 2.75) is 65.8 Å². The Balaban J connectivity index is 2.77. The van der Waals surface area contributed by atoms with Gasteiger partial charge < -0.3 is 5.32 Å². The Morgan fingerprint density at radius 3 is 2.50 bits per heavy atom. The first-order chi connectivity index (χ1) is 8.52. The van der Waals surface area contributed by atoms with Crippen molar-refractivity contribution in [3.8, 4) is 0 Å². The van der Waals surface area contributed by atoms with E-state index in [-0.39, 0.29) is 23.7 Å². The molecule has 0 bridgehead atoms. The number of amides is 1. The highest BCUT2D eigenvalue weighted by Crippen LogP contribution is 2.34. The van der Waals surface area contributed by atoms with Crippen LogP contribution in [-0.2, 0) is 9.59 Å². The first-order valence-corrected chi connectivity index (χ1v) is 7.33. The molecular weight excluding hydrogens is 226 g/mol. The standard InChI is InChI=1S/C15H27NO2/c1-5-7-8-9-12-13(11(4)17)15(18)16-14(12)10(3)6-2/h10,12-14H,5-9H2,1-4H3,(H,16,18). The van der Waals surface area contributed by atoms with Crippen LogP contribution in [0, 0.1) is 17.8 Å². The lowest BCUT2D eigenvalue weighted by molar-refractivity contribution is -0.131. The molecule has 4 atom stereocenters. The Morgan fingerprint density at radius 1 is 1.33 bits per heavy atom. The van der Waals surface area contributed by atoms with Crippen LogP contribution in [0.25, 0.3) is 0 Å². The van der Waals surface area contributed by atoms with Crippen molar-refractivity contribution in [1.29, 1.82) is 0 Å². The zero-order valence-corrected chi connectivity index (χ0v) is 12.2. The molecule has 0 aromatic heterocycles. The number of Topliss-reactive ketones (excluding diaryl/α,β-unsaturated/α-hetero) is 1. The summed E-state index contributed by atoms with van der Waals surface area (Å²) in [6.07, 6.45) is 5.51. The van der Waals surface area contributed by atoms with Crippen LogP contribution in [0.5, 0.6) is 0 Å². The van der Waals surface area contributed by atoms with E-state index in [9.17, 15) is 9.59 Å². The average Bonchev–Trinajstić information content (AvgIpc) is 2.65.